The molecule has 2 N–H and O–H groups in total. The van der Waals surface area contributed by atoms with Crippen LogP contribution in [0.15, 0.2) is 40.8 Å². The Kier molecular flexibility index (Phi) is 6.14. The van der Waals surface area contributed by atoms with E-state index in [0.717, 1.165) is 11.3 Å². The number of nitro groups is 1. The number of non-ortho nitro benzene ring substituents is 1. The summed E-state index contributed by atoms with van der Waals surface area (Å²) in [6, 6.07) is 8.56. The van der Waals surface area contributed by atoms with Gasteiger partial charge in [-0.05, 0) is 42.9 Å². The first kappa shape index (κ1) is 20.7. The van der Waals surface area contributed by atoms with Gasteiger partial charge in [-0.15, -0.1) is 11.3 Å². The summed E-state index contributed by atoms with van der Waals surface area (Å²) < 4.78 is 7.37. The molecule has 0 saturated carbocycles. The summed E-state index contributed by atoms with van der Waals surface area (Å²) in [5, 5.41) is 30.8. The monoisotopic (exact) mass is 434 g/mol. The van der Waals surface area contributed by atoms with Crippen molar-refractivity contribution in [1.82, 2.24) is 4.57 Å². The number of furan rings is 1. The van der Waals surface area contributed by atoms with E-state index in [4.69, 9.17) is 16.6 Å². The molecule has 0 aliphatic rings. The molecular formula is C19H18N2O6S2. The maximum atomic E-state index is 11.6. The number of rotatable bonds is 8. The number of carboxylic acid groups (broad SMARTS) is 1. The fraction of sp³-hybridized carbons (Fsp3) is 0.263. The van der Waals surface area contributed by atoms with E-state index in [2.05, 4.69) is 0 Å². The van der Waals surface area contributed by atoms with Crippen molar-refractivity contribution in [2.24, 2.45) is 0 Å². The first-order chi connectivity index (χ1) is 13.8. The molecule has 10 heteroatoms. The Morgan fingerprint density at radius 1 is 1.31 bits per heavy atom. The fourth-order valence-electron chi connectivity index (χ4n) is 2.98. The second kappa shape index (κ2) is 8.58. The number of benzene rings is 1. The van der Waals surface area contributed by atoms with Crippen LogP contribution in [0, 0.1) is 14.1 Å². The molecule has 152 valence electrons. The summed E-state index contributed by atoms with van der Waals surface area (Å²) >= 11 is 6.42. The zero-order valence-electron chi connectivity index (χ0n) is 15.4. The van der Waals surface area contributed by atoms with Crippen LogP contribution in [0.1, 0.15) is 36.4 Å². The number of thiazole rings is 1. The van der Waals surface area contributed by atoms with Gasteiger partial charge in [0.1, 0.15) is 17.6 Å². The first-order valence-corrected chi connectivity index (χ1v) is 10.0. The van der Waals surface area contributed by atoms with Gasteiger partial charge in [0.05, 0.1) is 9.80 Å². The maximum Gasteiger partial charge on any atom is 0.326 e. The summed E-state index contributed by atoms with van der Waals surface area (Å²) in [6.07, 6.45) is 1.25. The topological polar surface area (TPSA) is 119 Å². The highest BCUT2D eigenvalue weighted by Crippen LogP contribution is 2.34. The zero-order valence-corrected chi connectivity index (χ0v) is 17.0. The Morgan fingerprint density at radius 2 is 2.00 bits per heavy atom. The van der Waals surface area contributed by atoms with E-state index < -0.39 is 16.9 Å². The number of hydrogen-bond acceptors (Lipinski definition) is 7. The van der Waals surface area contributed by atoms with Crippen LogP contribution in [0.4, 0.5) is 5.69 Å². The van der Waals surface area contributed by atoms with E-state index in [1.165, 1.54) is 16.7 Å². The van der Waals surface area contributed by atoms with E-state index in [1.807, 2.05) is 6.92 Å². The Balaban J connectivity index is 1.85. The van der Waals surface area contributed by atoms with Crippen LogP contribution in [-0.4, -0.2) is 25.7 Å². The molecule has 0 spiro atoms. The number of carboxylic acids is 1. The molecular weight excluding hydrogens is 416 g/mol. The molecule has 0 saturated heterocycles. The van der Waals surface area contributed by atoms with Crippen LogP contribution in [0.2, 0.25) is 0 Å². The fourth-order valence-corrected chi connectivity index (χ4v) is 4.42. The smallest absolute Gasteiger partial charge is 0.326 e. The number of aromatic hydroxyl groups is 1. The molecule has 0 amide bonds. The SMILES string of the molecule is CCCC(C(=O)O)n1c(O)c(Cc2ccc(-c3ccc([N+](=O)[O-])cc3)o2)sc1=S. The van der Waals surface area contributed by atoms with E-state index in [1.54, 1.807) is 24.3 Å². The van der Waals surface area contributed by atoms with Crippen molar-refractivity contribution in [1.29, 1.82) is 0 Å². The number of hydrogen-bond donors (Lipinski definition) is 2. The molecule has 3 rings (SSSR count). The summed E-state index contributed by atoms with van der Waals surface area (Å²) in [6.45, 7) is 1.87. The second-order valence-corrected chi connectivity index (χ2v) is 8.10. The van der Waals surface area contributed by atoms with Crippen molar-refractivity contribution >= 4 is 35.2 Å². The predicted octanol–water partition coefficient (Wildman–Crippen LogP) is 5.17. The Bertz CT molecular complexity index is 1100. The normalized spacial score (nSPS) is 12.0. The minimum atomic E-state index is -1.04. The van der Waals surface area contributed by atoms with Crippen LogP contribution in [0.3, 0.4) is 0 Å². The van der Waals surface area contributed by atoms with Crippen molar-refractivity contribution in [2.45, 2.75) is 32.2 Å². The molecule has 0 fully saturated rings. The summed E-state index contributed by atoms with van der Waals surface area (Å²) in [4.78, 5) is 22.4. The van der Waals surface area contributed by atoms with Crippen LogP contribution in [0.5, 0.6) is 5.88 Å². The van der Waals surface area contributed by atoms with Crippen molar-refractivity contribution in [3.05, 3.63) is 61.1 Å². The van der Waals surface area contributed by atoms with Crippen molar-refractivity contribution in [3.8, 4) is 17.2 Å². The van der Waals surface area contributed by atoms with Gasteiger partial charge in [0, 0.05) is 24.1 Å². The lowest BCUT2D eigenvalue weighted by molar-refractivity contribution is -0.384. The molecule has 8 nitrogen and oxygen atoms in total. The number of aromatic nitrogens is 1. The van der Waals surface area contributed by atoms with Crippen molar-refractivity contribution in [2.75, 3.05) is 0 Å². The van der Waals surface area contributed by atoms with E-state index in [9.17, 15) is 25.1 Å². The van der Waals surface area contributed by atoms with Gasteiger partial charge in [-0.1, -0.05) is 13.3 Å². The molecule has 0 bridgehead atoms. The first-order valence-electron chi connectivity index (χ1n) is 8.81. The average Bonchev–Trinajstić information content (AvgIpc) is 3.25. The van der Waals surface area contributed by atoms with Crippen LogP contribution in [0.25, 0.3) is 11.3 Å². The zero-order chi connectivity index (χ0) is 21.1. The van der Waals surface area contributed by atoms with Crippen molar-refractivity contribution in [3.63, 3.8) is 0 Å². The lowest BCUT2D eigenvalue weighted by atomic mass is 10.1. The molecule has 2 heterocycles. The Labute approximate surface area is 174 Å². The highest BCUT2D eigenvalue weighted by molar-refractivity contribution is 7.73. The summed E-state index contributed by atoms with van der Waals surface area (Å²) in [5.41, 5.74) is 0.678. The third-order valence-corrected chi connectivity index (χ3v) is 5.79. The molecule has 1 unspecified atom stereocenters. The summed E-state index contributed by atoms with van der Waals surface area (Å²) in [7, 11) is 0. The lowest BCUT2D eigenvalue weighted by Crippen LogP contribution is -2.18. The van der Waals surface area contributed by atoms with E-state index in [0.29, 0.717) is 38.8 Å². The van der Waals surface area contributed by atoms with Gasteiger partial charge in [-0.25, -0.2) is 4.79 Å². The van der Waals surface area contributed by atoms with Gasteiger partial charge in [0.15, 0.2) is 3.95 Å². The highest BCUT2D eigenvalue weighted by Gasteiger charge is 2.25. The van der Waals surface area contributed by atoms with Gasteiger partial charge in [-0.3, -0.25) is 14.7 Å². The van der Waals surface area contributed by atoms with Crippen LogP contribution >= 0.6 is 23.6 Å². The minimum absolute atomic E-state index is 0.00775. The van der Waals surface area contributed by atoms with E-state index >= 15 is 0 Å². The molecule has 0 radical (unpaired) electrons. The molecule has 1 atom stereocenters. The minimum Gasteiger partial charge on any atom is -0.494 e. The third-order valence-electron chi connectivity index (χ3n) is 4.40. The molecule has 0 aliphatic carbocycles. The number of aliphatic carboxylic acids is 1. The van der Waals surface area contributed by atoms with Crippen LogP contribution in [-0.2, 0) is 11.2 Å². The lowest BCUT2D eigenvalue weighted by Gasteiger charge is -2.14. The molecule has 3 aromatic rings. The Morgan fingerprint density at radius 3 is 2.59 bits per heavy atom. The number of carbonyl (C=O) groups is 1. The van der Waals surface area contributed by atoms with E-state index in [-0.39, 0.29) is 18.0 Å². The molecule has 1 aromatic carbocycles. The van der Waals surface area contributed by atoms with Gasteiger partial charge in [-0.2, -0.15) is 0 Å². The van der Waals surface area contributed by atoms with Gasteiger partial charge in [0.25, 0.3) is 5.69 Å². The molecule has 0 aliphatic heterocycles. The molecule has 2 aromatic heterocycles. The largest absolute Gasteiger partial charge is 0.494 e. The highest BCUT2D eigenvalue weighted by atomic mass is 32.1. The number of nitrogens with zero attached hydrogens (tertiary/aromatic N) is 2. The maximum absolute atomic E-state index is 11.6. The third kappa shape index (κ3) is 4.38. The number of nitro benzene ring substituents is 1. The average molecular weight is 434 g/mol. The second-order valence-electron chi connectivity index (χ2n) is 6.37. The Hall–Kier alpha value is -2.98. The van der Waals surface area contributed by atoms with Gasteiger partial charge in [0.2, 0.25) is 5.88 Å². The standard InChI is InChI=1S/C19H18N2O6S2/c1-2-3-14(18(23)24)20-17(22)16(29-19(20)28)10-13-8-9-15(27-13)11-4-6-12(7-5-11)21(25)26/h4-9,14,22H,2-3,10H2,1H3,(H,23,24). The summed E-state index contributed by atoms with van der Waals surface area (Å²) in [5.74, 6) is -0.110. The van der Waals surface area contributed by atoms with Crippen molar-refractivity contribution < 1.29 is 24.3 Å². The van der Waals surface area contributed by atoms with Gasteiger partial charge >= 0.3 is 5.97 Å². The quantitative estimate of drug-likeness (QED) is 0.285. The predicted molar refractivity (Wildman–Crippen MR) is 110 cm³/mol. The van der Waals surface area contributed by atoms with Crippen LogP contribution < -0.4 is 0 Å². The van der Waals surface area contributed by atoms with Gasteiger partial charge < -0.3 is 14.6 Å². The molecule has 29 heavy (non-hydrogen) atoms.